The first kappa shape index (κ1) is 15.1. The molecule has 4 bridgehead atoms. The van der Waals surface area contributed by atoms with E-state index in [-0.39, 0.29) is 18.0 Å². The van der Waals surface area contributed by atoms with Gasteiger partial charge < -0.3 is 9.26 Å². The molecule has 0 radical (unpaired) electrons. The van der Waals surface area contributed by atoms with Crippen molar-refractivity contribution in [2.24, 2.45) is 23.2 Å². The number of carbonyl (C=O) groups is 1. The molecule has 4 aliphatic rings. The minimum atomic E-state index is -0.239. The second kappa shape index (κ2) is 5.68. The Balaban J connectivity index is 1.26. The van der Waals surface area contributed by atoms with Crippen molar-refractivity contribution in [1.29, 1.82) is 0 Å². The van der Waals surface area contributed by atoms with E-state index in [1.54, 1.807) is 0 Å². The van der Waals surface area contributed by atoms with Crippen LogP contribution in [0.25, 0.3) is 11.4 Å². The molecule has 2 aromatic rings. The van der Waals surface area contributed by atoms with Gasteiger partial charge in [-0.2, -0.15) is 4.98 Å². The molecule has 0 atom stereocenters. The molecule has 0 saturated heterocycles. The number of hydrogen-bond donors (Lipinski definition) is 0. The van der Waals surface area contributed by atoms with Gasteiger partial charge in [0.25, 0.3) is 5.89 Å². The molecule has 0 aliphatic heterocycles. The Morgan fingerprint density at radius 2 is 1.72 bits per heavy atom. The Morgan fingerprint density at radius 3 is 2.36 bits per heavy atom. The molecule has 130 valence electrons. The summed E-state index contributed by atoms with van der Waals surface area (Å²) in [5, 5.41) is 3.98. The highest BCUT2D eigenvalue weighted by atomic mass is 16.6. The summed E-state index contributed by atoms with van der Waals surface area (Å²) in [6.07, 6.45) is 6.98. The van der Waals surface area contributed by atoms with Crippen molar-refractivity contribution in [2.75, 3.05) is 0 Å². The van der Waals surface area contributed by atoms with E-state index < -0.39 is 0 Å². The highest BCUT2D eigenvalue weighted by molar-refractivity contribution is 5.77. The van der Waals surface area contributed by atoms with Gasteiger partial charge in [0, 0.05) is 5.56 Å². The van der Waals surface area contributed by atoms with E-state index in [0.717, 1.165) is 42.6 Å². The zero-order valence-corrected chi connectivity index (χ0v) is 14.2. The van der Waals surface area contributed by atoms with Crippen LogP contribution < -0.4 is 0 Å². The summed E-state index contributed by atoms with van der Waals surface area (Å²) in [6.45, 7) is 0.0699. The maximum absolute atomic E-state index is 12.8. The number of nitrogens with zero attached hydrogens (tertiary/aromatic N) is 2. The predicted octanol–water partition coefficient (Wildman–Crippen LogP) is 4.00. The molecule has 4 fully saturated rings. The van der Waals surface area contributed by atoms with Gasteiger partial charge in [-0.1, -0.05) is 35.5 Å². The molecule has 0 N–H and O–H groups in total. The Bertz CT molecular complexity index is 748. The van der Waals surface area contributed by atoms with E-state index in [0.29, 0.717) is 11.7 Å². The van der Waals surface area contributed by atoms with Crippen LogP contribution in [-0.2, 0) is 16.1 Å². The minimum absolute atomic E-state index is 0.0499. The lowest BCUT2D eigenvalue weighted by Crippen LogP contribution is -2.50. The summed E-state index contributed by atoms with van der Waals surface area (Å²) in [4.78, 5) is 17.2. The average Bonchev–Trinajstić information content (AvgIpc) is 3.08. The third kappa shape index (κ3) is 2.66. The smallest absolute Gasteiger partial charge is 0.312 e. The third-order valence-corrected chi connectivity index (χ3v) is 6.30. The number of benzene rings is 1. The molecular formula is C20H22N2O3. The molecule has 5 heteroatoms. The molecule has 4 aliphatic carbocycles. The van der Waals surface area contributed by atoms with Crippen LogP contribution in [0.5, 0.6) is 0 Å². The van der Waals surface area contributed by atoms with Gasteiger partial charge in [-0.15, -0.1) is 0 Å². The minimum Gasteiger partial charge on any atom is -0.455 e. The van der Waals surface area contributed by atoms with Crippen LogP contribution >= 0.6 is 0 Å². The van der Waals surface area contributed by atoms with Crippen molar-refractivity contribution in [1.82, 2.24) is 10.1 Å². The van der Waals surface area contributed by atoms with E-state index in [1.807, 2.05) is 30.3 Å². The SMILES string of the molecule is O=C(OCc1nc(-c2ccccc2)no1)C12CC3CC(CC(C3)C1)C2. The van der Waals surface area contributed by atoms with Gasteiger partial charge in [0.2, 0.25) is 5.82 Å². The van der Waals surface area contributed by atoms with E-state index >= 15 is 0 Å². The lowest BCUT2D eigenvalue weighted by Gasteiger charge is -2.55. The number of carbonyl (C=O) groups excluding carboxylic acids is 1. The lowest BCUT2D eigenvalue weighted by molar-refractivity contribution is -0.173. The molecule has 0 unspecified atom stereocenters. The van der Waals surface area contributed by atoms with E-state index in [2.05, 4.69) is 10.1 Å². The van der Waals surface area contributed by atoms with Crippen LogP contribution in [0.3, 0.4) is 0 Å². The van der Waals surface area contributed by atoms with Gasteiger partial charge in [0.15, 0.2) is 6.61 Å². The fraction of sp³-hybridized carbons (Fsp3) is 0.550. The van der Waals surface area contributed by atoms with Crippen molar-refractivity contribution in [3.05, 3.63) is 36.2 Å². The third-order valence-electron chi connectivity index (χ3n) is 6.30. The molecule has 25 heavy (non-hydrogen) atoms. The molecule has 5 nitrogen and oxygen atoms in total. The van der Waals surface area contributed by atoms with Gasteiger partial charge in [-0.3, -0.25) is 4.79 Å². The average molecular weight is 338 g/mol. The predicted molar refractivity (Wildman–Crippen MR) is 90.1 cm³/mol. The topological polar surface area (TPSA) is 65.2 Å². The quantitative estimate of drug-likeness (QED) is 0.789. The molecule has 1 aromatic heterocycles. The number of ether oxygens (including phenoxy) is 1. The van der Waals surface area contributed by atoms with Crippen LogP contribution in [0.4, 0.5) is 0 Å². The fourth-order valence-electron chi connectivity index (χ4n) is 5.66. The Hall–Kier alpha value is -2.17. The molecule has 0 amide bonds. The van der Waals surface area contributed by atoms with Crippen LogP contribution in [0.15, 0.2) is 34.9 Å². The van der Waals surface area contributed by atoms with Crippen molar-refractivity contribution in [2.45, 2.75) is 45.1 Å². The molecular weight excluding hydrogens is 316 g/mol. The summed E-state index contributed by atoms with van der Waals surface area (Å²) < 4.78 is 10.9. The maximum atomic E-state index is 12.8. The Kier molecular flexibility index (Phi) is 3.43. The van der Waals surface area contributed by atoms with Crippen molar-refractivity contribution >= 4 is 5.97 Å². The van der Waals surface area contributed by atoms with Gasteiger partial charge in [-0.05, 0) is 56.3 Å². The standard InChI is InChI=1S/C20H22N2O3/c23-19(20-9-13-6-14(10-20)8-15(7-13)11-20)24-12-17-21-18(22-25-17)16-4-2-1-3-5-16/h1-5,13-15H,6-12H2. The summed E-state index contributed by atoms with van der Waals surface area (Å²) in [7, 11) is 0. The van der Waals surface area contributed by atoms with Crippen LogP contribution in [0.1, 0.15) is 44.4 Å². The van der Waals surface area contributed by atoms with Crippen molar-refractivity contribution in [3.63, 3.8) is 0 Å². The summed E-state index contributed by atoms with van der Waals surface area (Å²) in [5.41, 5.74) is 0.654. The van der Waals surface area contributed by atoms with Gasteiger partial charge in [0.05, 0.1) is 5.41 Å². The maximum Gasteiger partial charge on any atom is 0.312 e. The lowest BCUT2D eigenvalue weighted by atomic mass is 9.49. The largest absolute Gasteiger partial charge is 0.455 e. The highest BCUT2D eigenvalue weighted by Gasteiger charge is 2.55. The van der Waals surface area contributed by atoms with E-state index in [4.69, 9.17) is 9.26 Å². The van der Waals surface area contributed by atoms with Crippen molar-refractivity contribution in [3.8, 4) is 11.4 Å². The first-order valence-electron chi connectivity index (χ1n) is 9.25. The van der Waals surface area contributed by atoms with Crippen LogP contribution in [-0.4, -0.2) is 16.1 Å². The second-order valence-corrected chi connectivity index (χ2v) is 8.15. The number of esters is 1. The van der Waals surface area contributed by atoms with E-state index in [9.17, 15) is 4.79 Å². The molecule has 1 heterocycles. The summed E-state index contributed by atoms with van der Waals surface area (Å²) in [6, 6.07) is 9.65. The number of hydrogen-bond acceptors (Lipinski definition) is 5. The zero-order chi connectivity index (χ0) is 16.9. The number of rotatable bonds is 4. The summed E-state index contributed by atoms with van der Waals surface area (Å²) >= 11 is 0. The Morgan fingerprint density at radius 1 is 1.08 bits per heavy atom. The van der Waals surface area contributed by atoms with Crippen LogP contribution in [0, 0.1) is 23.2 Å². The monoisotopic (exact) mass is 338 g/mol. The molecule has 4 saturated carbocycles. The normalized spacial score (nSPS) is 32.7. The summed E-state index contributed by atoms with van der Waals surface area (Å²) in [5.74, 6) is 3.02. The van der Waals surface area contributed by atoms with E-state index in [1.165, 1.54) is 19.3 Å². The number of aromatic nitrogens is 2. The molecule has 6 rings (SSSR count). The molecule has 0 spiro atoms. The van der Waals surface area contributed by atoms with Gasteiger partial charge in [-0.25, -0.2) is 0 Å². The Labute approximate surface area is 146 Å². The zero-order valence-electron chi connectivity index (χ0n) is 14.2. The highest BCUT2D eigenvalue weighted by Crippen LogP contribution is 2.60. The fourth-order valence-corrected chi connectivity index (χ4v) is 5.66. The second-order valence-electron chi connectivity index (χ2n) is 8.15. The van der Waals surface area contributed by atoms with Gasteiger partial charge >= 0.3 is 5.97 Å². The van der Waals surface area contributed by atoms with Crippen LogP contribution in [0.2, 0.25) is 0 Å². The van der Waals surface area contributed by atoms with Crippen molar-refractivity contribution < 1.29 is 14.1 Å². The first-order valence-corrected chi connectivity index (χ1v) is 9.25. The molecule has 1 aromatic carbocycles. The van der Waals surface area contributed by atoms with Gasteiger partial charge in [0.1, 0.15) is 0 Å². The first-order chi connectivity index (χ1) is 12.2.